The topological polar surface area (TPSA) is 37.4 Å². The van der Waals surface area contributed by atoms with Gasteiger partial charge in [0, 0.05) is 24.8 Å². The maximum absolute atomic E-state index is 12.5. The number of halogens is 3. The third-order valence-corrected chi connectivity index (χ3v) is 4.05. The molecule has 0 unspecified atom stereocenters. The first kappa shape index (κ1) is 13.1. The lowest BCUT2D eigenvalue weighted by Crippen LogP contribution is -2.32. The zero-order valence-electron chi connectivity index (χ0n) is 10.5. The maximum Gasteiger partial charge on any atom is 0.416 e. The average molecular weight is 283 g/mol. The Balaban J connectivity index is 1.87. The van der Waals surface area contributed by atoms with Gasteiger partial charge in [-0.25, -0.2) is 0 Å². The first-order valence-corrected chi connectivity index (χ1v) is 6.40. The van der Waals surface area contributed by atoms with Crippen LogP contribution >= 0.6 is 0 Å². The molecule has 0 N–H and O–H groups in total. The summed E-state index contributed by atoms with van der Waals surface area (Å²) in [6, 6.07) is 4.69. The van der Waals surface area contributed by atoms with Crippen LogP contribution in [0.3, 0.4) is 0 Å². The predicted molar refractivity (Wildman–Crippen MR) is 63.7 cm³/mol. The Bertz CT molecular complexity index is 565. The molecule has 1 aromatic carbocycles. The van der Waals surface area contributed by atoms with E-state index in [-0.39, 0.29) is 30.2 Å². The first-order chi connectivity index (χ1) is 9.38. The highest BCUT2D eigenvalue weighted by Gasteiger charge is 2.47. The number of fused-ring (bicyclic) bond motifs is 1. The van der Waals surface area contributed by atoms with Gasteiger partial charge < -0.3 is 0 Å². The van der Waals surface area contributed by atoms with Crippen LogP contribution in [0.25, 0.3) is 0 Å². The van der Waals surface area contributed by atoms with Crippen LogP contribution in [0, 0.1) is 0 Å². The minimum absolute atomic E-state index is 0.172. The standard InChI is InChI=1S/C14H12F3NO2/c15-14(16,17)9-3-1-8(2-4-9)10-7-13(20)18-11(10)5-6-12(18)19/h1-4,10-11H,5-7H2/t10-,11+/m0/s1. The lowest BCUT2D eigenvalue weighted by molar-refractivity contribution is -0.140. The first-order valence-electron chi connectivity index (χ1n) is 6.40. The van der Waals surface area contributed by atoms with Crippen molar-refractivity contribution in [3.63, 3.8) is 0 Å². The van der Waals surface area contributed by atoms with Crippen LogP contribution in [0.15, 0.2) is 24.3 Å². The van der Waals surface area contributed by atoms with E-state index in [4.69, 9.17) is 0 Å². The Morgan fingerprint density at radius 1 is 1.05 bits per heavy atom. The highest BCUT2D eigenvalue weighted by molar-refractivity contribution is 5.99. The Hall–Kier alpha value is -1.85. The van der Waals surface area contributed by atoms with Crippen LogP contribution in [0.4, 0.5) is 13.2 Å². The van der Waals surface area contributed by atoms with Gasteiger partial charge in [-0.15, -0.1) is 0 Å². The molecule has 2 aliphatic rings. The summed E-state index contributed by atoms with van der Waals surface area (Å²) in [6.07, 6.45) is -3.23. The van der Waals surface area contributed by atoms with Crippen LogP contribution < -0.4 is 0 Å². The summed E-state index contributed by atoms with van der Waals surface area (Å²) in [7, 11) is 0. The second kappa shape index (κ2) is 4.33. The molecule has 2 saturated heterocycles. The SMILES string of the molecule is O=C1CC[C@@H]2[C@H](c3ccc(C(F)(F)F)cc3)CC(=O)N12. The van der Waals surface area contributed by atoms with Crippen LogP contribution in [0.5, 0.6) is 0 Å². The number of carbonyl (C=O) groups excluding carboxylic acids is 2. The molecular formula is C14H12F3NO2. The van der Waals surface area contributed by atoms with E-state index in [1.807, 2.05) is 0 Å². The molecule has 0 aliphatic carbocycles. The minimum Gasteiger partial charge on any atom is -0.279 e. The van der Waals surface area contributed by atoms with Crippen LogP contribution in [0.1, 0.15) is 36.3 Å². The van der Waals surface area contributed by atoms with Gasteiger partial charge in [0.1, 0.15) is 0 Å². The number of benzene rings is 1. The van der Waals surface area contributed by atoms with Crippen molar-refractivity contribution in [2.24, 2.45) is 0 Å². The molecule has 0 spiro atoms. The smallest absolute Gasteiger partial charge is 0.279 e. The summed E-state index contributed by atoms with van der Waals surface area (Å²) in [6.45, 7) is 0. The summed E-state index contributed by atoms with van der Waals surface area (Å²) >= 11 is 0. The number of rotatable bonds is 1. The van der Waals surface area contributed by atoms with Gasteiger partial charge in [-0.1, -0.05) is 12.1 Å². The molecule has 6 heteroatoms. The number of hydrogen-bond acceptors (Lipinski definition) is 2. The van der Waals surface area contributed by atoms with Gasteiger partial charge in [-0.05, 0) is 24.1 Å². The zero-order chi connectivity index (χ0) is 14.5. The Labute approximate surface area is 113 Å². The van der Waals surface area contributed by atoms with Gasteiger partial charge in [0.25, 0.3) is 0 Å². The van der Waals surface area contributed by atoms with Crippen LogP contribution in [0.2, 0.25) is 0 Å². The Kier molecular flexibility index (Phi) is 2.84. The Morgan fingerprint density at radius 3 is 2.30 bits per heavy atom. The molecule has 106 valence electrons. The number of imide groups is 1. The second-order valence-electron chi connectivity index (χ2n) is 5.19. The van der Waals surface area contributed by atoms with Crippen molar-refractivity contribution in [2.75, 3.05) is 0 Å². The van der Waals surface area contributed by atoms with Crippen LogP contribution in [-0.2, 0) is 15.8 Å². The summed E-state index contributed by atoms with van der Waals surface area (Å²) in [5, 5.41) is 0. The minimum atomic E-state index is -4.36. The molecule has 20 heavy (non-hydrogen) atoms. The fourth-order valence-corrected chi connectivity index (χ4v) is 3.09. The molecule has 0 bridgehead atoms. The quantitative estimate of drug-likeness (QED) is 0.743. The van der Waals surface area contributed by atoms with E-state index in [0.29, 0.717) is 18.4 Å². The molecule has 0 aromatic heterocycles. The fourth-order valence-electron chi connectivity index (χ4n) is 3.09. The highest BCUT2D eigenvalue weighted by atomic mass is 19.4. The molecule has 2 heterocycles. The van der Waals surface area contributed by atoms with Gasteiger partial charge >= 0.3 is 6.18 Å². The van der Waals surface area contributed by atoms with E-state index in [1.165, 1.54) is 17.0 Å². The number of alkyl halides is 3. The van der Waals surface area contributed by atoms with E-state index >= 15 is 0 Å². The molecule has 2 aliphatic heterocycles. The predicted octanol–water partition coefficient (Wildman–Crippen LogP) is 2.71. The Morgan fingerprint density at radius 2 is 1.70 bits per heavy atom. The summed E-state index contributed by atoms with van der Waals surface area (Å²) < 4.78 is 37.6. The van der Waals surface area contributed by atoms with Crippen molar-refractivity contribution in [1.29, 1.82) is 0 Å². The normalized spacial score (nSPS) is 26.2. The highest BCUT2D eigenvalue weighted by Crippen LogP contribution is 2.41. The number of hydrogen-bond donors (Lipinski definition) is 0. The van der Waals surface area contributed by atoms with Gasteiger partial charge in [0.15, 0.2) is 0 Å². The molecule has 3 rings (SSSR count). The molecule has 3 nitrogen and oxygen atoms in total. The van der Waals surface area contributed by atoms with Gasteiger partial charge in [0.05, 0.1) is 5.56 Å². The van der Waals surface area contributed by atoms with Crippen LogP contribution in [-0.4, -0.2) is 22.8 Å². The molecule has 2 fully saturated rings. The fraction of sp³-hybridized carbons (Fsp3) is 0.429. The van der Waals surface area contributed by atoms with E-state index in [0.717, 1.165) is 12.1 Å². The summed E-state index contributed by atoms with van der Waals surface area (Å²) in [4.78, 5) is 24.7. The van der Waals surface area contributed by atoms with Crippen molar-refractivity contribution in [1.82, 2.24) is 4.90 Å². The van der Waals surface area contributed by atoms with Crippen molar-refractivity contribution in [2.45, 2.75) is 37.4 Å². The van der Waals surface area contributed by atoms with E-state index in [1.54, 1.807) is 0 Å². The second-order valence-corrected chi connectivity index (χ2v) is 5.19. The monoisotopic (exact) mass is 283 g/mol. The number of nitrogens with zero attached hydrogens (tertiary/aromatic N) is 1. The maximum atomic E-state index is 12.5. The number of amides is 2. The molecule has 1 aromatic rings. The summed E-state index contributed by atoms with van der Waals surface area (Å²) in [5.74, 6) is -0.576. The average Bonchev–Trinajstić information content (AvgIpc) is 2.91. The largest absolute Gasteiger partial charge is 0.416 e. The van der Waals surface area contributed by atoms with Crippen molar-refractivity contribution < 1.29 is 22.8 Å². The van der Waals surface area contributed by atoms with Gasteiger partial charge in [-0.3, -0.25) is 14.5 Å². The zero-order valence-corrected chi connectivity index (χ0v) is 10.5. The van der Waals surface area contributed by atoms with Crippen molar-refractivity contribution in [3.05, 3.63) is 35.4 Å². The third kappa shape index (κ3) is 1.99. The van der Waals surface area contributed by atoms with Crippen molar-refractivity contribution in [3.8, 4) is 0 Å². The number of carbonyl (C=O) groups is 2. The summed E-state index contributed by atoms with van der Waals surface area (Å²) in [5.41, 5.74) is -0.0153. The molecule has 2 atom stereocenters. The van der Waals surface area contributed by atoms with E-state index in [2.05, 4.69) is 0 Å². The van der Waals surface area contributed by atoms with Gasteiger partial charge in [0.2, 0.25) is 11.8 Å². The lowest BCUT2D eigenvalue weighted by atomic mass is 9.90. The molecular weight excluding hydrogens is 271 g/mol. The van der Waals surface area contributed by atoms with Crippen molar-refractivity contribution >= 4 is 11.8 Å². The van der Waals surface area contributed by atoms with E-state index in [9.17, 15) is 22.8 Å². The molecule has 0 saturated carbocycles. The lowest BCUT2D eigenvalue weighted by Gasteiger charge is -2.19. The molecule has 2 amide bonds. The molecule has 0 radical (unpaired) electrons. The third-order valence-electron chi connectivity index (χ3n) is 4.05. The van der Waals surface area contributed by atoms with E-state index < -0.39 is 11.7 Å². The van der Waals surface area contributed by atoms with Gasteiger partial charge in [-0.2, -0.15) is 13.2 Å².